The van der Waals surface area contributed by atoms with Crippen LogP contribution in [0.3, 0.4) is 0 Å². The van der Waals surface area contributed by atoms with E-state index in [1.54, 1.807) is 31.2 Å². The molecule has 0 bridgehead atoms. The molecule has 0 amide bonds. The summed E-state index contributed by atoms with van der Waals surface area (Å²) in [6, 6.07) is 18.1. The van der Waals surface area contributed by atoms with Gasteiger partial charge < -0.3 is 9.05 Å². The molecule has 0 heterocycles. The first-order valence-corrected chi connectivity index (χ1v) is 7.53. The maximum Gasteiger partial charge on any atom is 0.430 e. The Morgan fingerprint density at radius 3 is 1.56 bits per heavy atom. The van der Waals surface area contributed by atoms with E-state index in [0.717, 1.165) is 0 Å². The monoisotopic (exact) mass is 262 g/mol. The zero-order chi connectivity index (χ0) is 12.8. The van der Waals surface area contributed by atoms with E-state index in [1.807, 2.05) is 36.4 Å². The molecule has 0 saturated heterocycles. The van der Waals surface area contributed by atoms with Crippen molar-refractivity contribution in [3.8, 4) is 11.5 Å². The highest BCUT2D eigenvalue weighted by atomic mass is 31.2. The maximum atomic E-state index is 12.5. The summed E-state index contributed by atoms with van der Waals surface area (Å²) < 4.78 is 23.5. The van der Waals surface area contributed by atoms with Crippen molar-refractivity contribution in [2.45, 2.75) is 6.92 Å². The van der Waals surface area contributed by atoms with Crippen LogP contribution in [-0.4, -0.2) is 6.16 Å². The van der Waals surface area contributed by atoms with Crippen molar-refractivity contribution in [3.05, 3.63) is 60.7 Å². The summed E-state index contributed by atoms with van der Waals surface area (Å²) in [5.74, 6) is 1.11. The molecular weight excluding hydrogens is 247 g/mol. The van der Waals surface area contributed by atoms with Gasteiger partial charge in [-0.1, -0.05) is 43.3 Å². The van der Waals surface area contributed by atoms with Crippen molar-refractivity contribution in [3.63, 3.8) is 0 Å². The predicted octanol–water partition coefficient (Wildman–Crippen LogP) is 4.36. The number of benzene rings is 2. The Balaban J connectivity index is 2.14. The summed E-state index contributed by atoms with van der Waals surface area (Å²) in [6.07, 6.45) is 0.316. The van der Waals surface area contributed by atoms with Crippen LogP contribution in [0.25, 0.3) is 0 Å². The van der Waals surface area contributed by atoms with E-state index >= 15 is 0 Å². The van der Waals surface area contributed by atoms with Crippen molar-refractivity contribution in [2.75, 3.05) is 6.16 Å². The predicted molar refractivity (Wildman–Crippen MR) is 72.3 cm³/mol. The summed E-state index contributed by atoms with van der Waals surface area (Å²) >= 11 is 0. The van der Waals surface area contributed by atoms with Gasteiger partial charge in [-0.05, 0) is 24.3 Å². The van der Waals surface area contributed by atoms with E-state index in [9.17, 15) is 4.57 Å². The lowest BCUT2D eigenvalue weighted by molar-refractivity contribution is 0.387. The molecular formula is C14H15O3P. The van der Waals surface area contributed by atoms with Gasteiger partial charge >= 0.3 is 7.60 Å². The molecule has 0 spiro atoms. The molecule has 0 aliphatic heterocycles. The second-order valence-electron chi connectivity index (χ2n) is 3.74. The average Bonchev–Trinajstić information content (AvgIpc) is 2.41. The molecule has 4 heteroatoms. The molecule has 0 radical (unpaired) electrons. The lowest BCUT2D eigenvalue weighted by Crippen LogP contribution is -2.03. The number of hydrogen-bond donors (Lipinski definition) is 0. The van der Waals surface area contributed by atoms with Crippen LogP contribution >= 0.6 is 7.60 Å². The van der Waals surface area contributed by atoms with Crippen molar-refractivity contribution in [2.24, 2.45) is 0 Å². The molecule has 3 nitrogen and oxygen atoms in total. The second kappa shape index (κ2) is 5.74. The van der Waals surface area contributed by atoms with Crippen molar-refractivity contribution in [1.82, 2.24) is 0 Å². The van der Waals surface area contributed by atoms with Gasteiger partial charge in [-0.2, -0.15) is 0 Å². The van der Waals surface area contributed by atoms with Crippen LogP contribution in [0.5, 0.6) is 11.5 Å². The van der Waals surface area contributed by atoms with Gasteiger partial charge in [0.05, 0.1) is 6.16 Å². The third-order valence-corrected chi connectivity index (χ3v) is 4.12. The van der Waals surface area contributed by atoms with Crippen molar-refractivity contribution < 1.29 is 13.6 Å². The smallest absolute Gasteiger partial charge is 0.416 e. The van der Waals surface area contributed by atoms with Gasteiger partial charge in [-0.15, -0.1) is 0 Å². The molecule has 0 saturated carbocycles. The highest BCUT2D eigenvalue weighted by Crippen LogP contribution is 2.47. The molecule has 0 atom stereocenters. The van der Waals surface area contributed by atoms with Crippen LogP contribution in [0.2, 0.25) is 0 Å². The van der Waals surface area contributed by atoms with Crippen LogP contribution in [0, 0.1) is 0 Å². The highest BCUT2D eigenvalue weighted by molar-refractivity contribution is 7.54. The lowest BCUT2D eigenvalue weighted by Gasteiger charge is -2.18. The molecule has 0 N–H and O–H groups in total. The van der Waals surface area contributed by atoms with Gasteiger partial charge in [0.15, 0.2) is 0 Å². The average molecular weight is 262 g/mol. The zero-order valence-electron chi connectivity index (χ0n) is 10.2. The van der Waals surface area contributed by atoms with Crippen LogP contribution in [-0.2, 0) is 4.57 Å². The first kappa shape index (κ1) is 12.7. The molecule has 2 rings (SSSR count). The minimum Gasteiger partial charge on any atom is -0.416 e. The first-order valence-electron chi connectivity index (χ1n) is 5.80. The Morgan fingerprint density at radius 1 is 0.833 bits per heavy atom. The Hall–Kier alpha value is -1.73. The molecule has 0 aliphatic rings. The molecule has 0 aromatic heterocycles. The van der Waals surface area contributed by atoms with Crippen LogP contribution in [0.15, 0.2) is 60.7 Å². The van der Waals surface area contributed by atoms with Crippen LogP contribution in [0.1, 0.15) is 6.92 Å². The Morgan fingerprint density at radius 2 is 1.22 bits per heavy atom. The molecule has 2 aromatic carbocycles. The minimum atomic E-state index is -3.14. The Labute approximate surface area is 107 Å². The van der Waals surface area contributed by atoms with E-state index in [2.05, 4.69) is 0 Å². The zero-order valence-corrected chi connectivity index (χ0v) is 11.0. The molecule has 2 aromatic rings. The maximum absolute atomic E-state index is 12.5. The van der Waals surface area contributed by atoms with E-state index < -0.39 is 7.60 Å². The molecule has 0 fully saturated rings. The van der Waals surface area contributed by atoms with Crippen molar-refractivity contribution >= 4 is 7.60 Å². The summed E-state index contributed by atoms with van der Waals surface area (Å²) in [5.41, 5.74) is 0. The third kappa shape index (κ3) is 3.38. The first-order chi connectivity index (χ1) is 8.72. The van der Waals surface area contributed by atoms with E-state index in [1.165, 1.54) is 0 Å². The molecule has 94 valence electrons. The second-order valence-corrected chi connectivity index (χ2v) is 5.96. The molecule has 0 aliphatic carbocycles. The van der Waals surface area contributed by atoms with E-state index in [0.29, 0.717) is 17.7 Å². The summed E-state index contributed by atoms with van der Waals surface area (Å²) in [6.45, 7) is 1.78. The molecule has 18 heavy (non-hydrogen) atoms. The fourth-order valence-electron chi connectivity index (χ4n) is 1.43. The number of rotatable bonds is 5. The highest BCUT2D eigenvalue weighted by Gasteiger charge is 2.25. The fraction of sp³-hybridized carbons (Fsp3) is 0.143. The summed E-state index contributed by atoms with van der Waals surface area (Å²) in [7, 11) is -3.14. The Bertz CT molecular complexity index is 480. The quantitative estimate of drug-likeness (QED) is 0.751. The van der Waals surface area contributed by atoms with Gasteiger partial charge in [0.2, 0.25) is 0 Å². The Kier molecular flexibility index (Phi) is 4.06. The SMILES string of the molecule is CCP(=O)(Oc1ccccc1)Oc1ccccc1. The fourth-order valence-corrected chi connectivity index (χ4v) is 2.61. The van der Waals surface area contributed by atoms with Gasteiger partial charge in [-0.25, -0.2) is 4.57 Å². The summed E-state index contributed by atoms with van der Waals surface area (Å²) in [5, 5.41) is 0. The van der Waals surface area contributed by atoms with Gasteiger partial charge in [0.25, 0.3) is 0 Å². The van der Waals surface area contributed by atoms with Crippen LogP contribution in [0.4, 0.5) is 0 Å². The largest absolute Gasteiger partial charge is 0.430 e. The van der Waals surface area contributed by atoms with E-state index in [4.69, 9.17) is 9.05 Å². The molecule has 0 unspecified atom stereocenters. The lowest BCUT2D eigenvalue weighted by atomic mass is 10.3. The minimum absolute atomic E-state index is 0.316. The van der Waals surface area contributed by atoms with Gasteiger partial charge in [0.1, 0.15) is 11.5 Å². The van der Waals surface area contributed by atoms with Gasteiger partial charge in [-0.3, -0.25) is 0 Å². The number of hydrogen-bond acceptors (Lipinski definition) is 3. The number of para-hydroxylation sites is 2. The standard InChI is InChI=1S/C14H15O3P/c1-2-18(15,16-13-9-5-3-6-10-13)17-14-11-7-4-8-12-14/h3-12H,2H2,1H3. The van der Waals surface area contributed by atoms with E-state index in [-0.39, 0.29) is 0 Å². The normalized spacial score (nSPS) is 10.9. The third-order valence-electron chi connectivity index (χ3n) is 2.36. The van der Waals surface area contributed by atoms with Crippen LogP contribution < -0.4 is 9.05 Å². The summed E-state index contributed by atoms with van der Waals surface area (Å²) in [4.78, 5) is 0. The van der Waals surface area contributed by atoms with Crippen molar-refractivity contribution in [1.29, 1.82) is 0 Å². The van der Waals surface area contributed by atoms with Gasteiger partial charge in [0, 0.05) is 0 Å². The topological polar surface area (TPSA) is 35.5 Å².